The molecule has 1 aromatic heterocycles. The maximum atomic E-state index is 11.3. The van der Waals surface area contributed by atoms with Crippen LogP contribution in [-0.2, 0) is 0 Å². The van der Waals surface area contributed by atoms with Crippen LogP contribution >= 0.6 is 11.8 Å². The average molecular weight is 278 g/mol. The van der Waals surface area contributed by atoms with Gasteiger partial charge in [0.1, 0.15) is 0 Å². The van der Waals surface area contributed by atoms with Gasteiger partial charge in [-0.1, -0.05) is 6.92 Å². The van der Waals surface area contributed by atoms with Crippen molar-refractivity contribution in [2.24, 2.45) is 0 Å². The normalized spacial score (nSPS) is 12.5. The Hall–Kier alpha value is -1.66. The molecule has 2 aromatic rings. The zero-order valence-corrected chi connectivity index (χ0v) is 11.3. The van der Waals surface area contributed by atoms with E-state index in [0.717, 1.165) is 0 Å². The summed E-state index contributed by atoms with van der Waals surface area (Å²) in [6, 6.07) is 6.92. The summed E-state index contributed by atoms with van der Waals surface area (Å²) >= 11 is 1.41. The van der Waals surface area contributed by atoms with Crippen molar-refractivity contribution in [2.45, 2.75) is 23.5 Å². The highest BCUT2D eigenvalue weighted by molar-refractivity contribution is 8.00. The number of hydrogen-bond donors (Lipinski definition) is 1. The summed E-state index contributed by atoms with van der Waals surface area (Å²) in [6.07, 6.45) is 2.22. The third kappa shape index (κ3) is 3.02. The second-order valence-corrected chi connectivity index (χ2v) is 5.66. The van der Waals surface area contributed by atoms with Gasteiger partial charge in [-0.25, -0.2) is 0 Å². The molecule has 0 amide bonds. The van der Waals surface area contributed by atoms with Crippen molar-refractivity contribution < 1.29 is 10.0 Å². The first-order valence-corrected chi connectivity index (χ1v) is 6.81. The molecule has 6 heteroatoms. The number of thioether (sulfide) groups is 1. The van der Waals surface area contributed by atoms with E-state index < -0.39 is 0 Å². The first kappa shape index (κ1) is 13.8. The number of rotatable bonds is 5. The molecule has 100 valence electrons. The molecule has 0 bridgehead atoms. The molecule has 0 spiro atoms. The summed E-state index contributed by atoms with van der Waals surface area (Å²) in [7, 11) is 0. The monoisotopic (exact) mass is 278 g/mol. The van der Waals surface area contributed by atoms with E-state index in [1.807, 2.05) is 6.92 Å². The molecular formula is C13H14N2O3S. The molecule has 0 aliphatic rings. The predicted octanol–water partition coefficient (Wildman–Crippen LogP) is 3.01. The molecule has 0 saturated carbocycles. The Morgan fingerprint density at radius 1 is 1.47 bits per heavy atom. The molecule has 0 fully saturated rings. The van der Waals surface area contributed by atoms with E-state index in [1.165, 1.54) is 11.8 Å². The number of fused-ring (bicyclic) bond motifs is 1. The van der Waals surface area contributed by atoms with Crippen molar-refractivity contribution in [3.63, 3.8) is 0 Å². The number of pyridine rings is 1. The van der Waals surface area contributed by atoms with Crippen LogP contribution in [0.5, 0.6) is 0 Å². The summed E-state index contributed by atoms with van der Waals surface area (Å²) in [5.74, 6) is 0. The number of nitro benzene ring substituents is 1. The summed E-state index contributed by atoms with van der Waals surface area (Å²) < 4.78 is 0. The van der Waals surface area contributed by atoms with Gasteiger partial charge in [-0.15, -0.1) is 11.8 Å². The van der Waals surface area contributed by atoms with Crippen molar-refractivity contribution >= 4 is 28.4 Å². The zero-order chi connectivity index (χ0) is 13.8. The van der Waals surface area contributed by atoms with Gasteiger partial charge in [0.25, 0.3) is 5.69 Å². The highest BCUT2D eigenvalue weighted by Crippen LogP contribution is 2.37. The van der Waals surface area contributed by atoms with Crippen molar-refractivity contribution in [1.29, 1.82) is 0 Å². The van der Waals surface area contributed by atoms with Gasteiger partial charge in [0.05, 0.1) is 20.7 Å². The summed E-state index contributed by atoms with van der Waals surface area (Å²) in [4.78, 5) is 15.7. The molecule has 1 unspecified atom stereocenters. The number of benzene rings is 1. The molecule has 0 aliphatic carbocycles. The second-order valence-electron chi connectivity index (χ2n) is 4.18. The van der Waals surface area contributed by atoms with E-state index >= 15 is 0 Å². The van der Waals surface area contributed by atoms with Crippen LogP contribution in [0.4, 0.5) is 5.69 Å². The number of hydrogen-bond acceptors (Lipinski definition) is 5. The number of nitro groups is 1. The van der Waals surface area contributed by atoms with Crippen LogP contribution in [0.1, 0.15) is 13.3 Å². The molecule has 0 saturated heterocycles. The van der Waals surface area contributed by atoms with Gasteiger partial charge in [0.2, 0.25) is 0 Å². The zero-order valence-electron chi connectivity index (χ0n) is 10.4. The minimum absolute atomic E-state index is 0.0805. The maximum absolute atomic E-state index is 11.3. The molecule has 2 rings (SSSR count). The van der Waals surface area contributed by atoms with Crippen LogP contribution in [0.15, 0.2) is 35.4 Å². The van der Waals surface area contributed by atoms with Crippen molar-refractivity contribution in [3.05, 3.63) is 40.6 Å². The van der Waals surface area contributed by atoms with E-state index in [9.17, 15) is 10.1 Å². The lowest BCUT2D eigenvalue weighted by atomic mass is 10.2. The highest BCUT2D eigenvalue weighted by Gasteiger charge is 2.20. The van der Waals surface area contributed by atoms with Crippen LogP contribution in [0.3, 0.4) is 0 Å². The lowest BCUT2D eigenvalue weighted by molar-refractivity contribution is -0.385. The molecule has 1 aromatic carbocycles. The predicted molar refractivity (Wildman–Crippen MR) is 75.4 cm³/mol. The van der Waals surface area contributed by atoms with E-state index in [0.29, 0.717) is 22.2 Å². The smallest absolute Gasteiger partial charge is 0.292 e. The maximum Gasteiger partial charge on any atom is 0.292 e. The van der Waals surface area contributed by atoms with Gasteiger partial charge in [0, 0.05) is 18.1 Å². The Balaban J connectivity index is 2.49. The highest BCUT2D eigenvalue weighted by atomic mass is 32.2. The molecule has 0 aliphatic heterocycles. The standard InChI is InChI=1S/C13H14N2O3S/c1-9(6-8-16)19-12-5-4-11-10(3-2-7-14-11)13(12)15(17)18/h2-5,7,9,16H,6,8H2,1H3. The largest absolute Gasteiger partial charge is 0.396 e. The van der Waals surface area contributed by atoms with Gasteiger partial charge < -0.3 is 5.11 Å². The molecule has 1 atom stereocenters. The van der Waals surface area contributed by atoms with Gasteiger partial charge in [-0.2, -0.15) is 0 Å². The fraction of sp³-hybridized carbons (Fsp3) is 0.308. The minimum Gasteiger partial charge on any atom is -0.396 e. The van der Waals surface area contributed by atoms with Crippen LogP contribution < -0.4 is 0 Å². The van der Waals surface area contributed by atoms with Crippen LogP contribution in [0, 0.1) is 10.1 Å². The first-order valence-electron chi connectivity index (χ1n) is 5.93. The van der Waals surface area contributed by atoms with Crippen LogP contribution in [0.25, 0.3) is 10.9 Å². The number of aromatic nitrogens is 1. The van der Waals surface area contributed by atoms with Gasteiger partial charge in [0.15, 0.2) is 0 Å². The molecule has 0 radical (unpaired) electrons. The number of aliphatic hydroxyl groups excluding tert-OH is 1. The topological polar surface area (TPSA) is 76.3 Å². The molecule has 1 N–H and O–H groups in total. The SMILES string of the molecule is CC(CCO)Sc1ccc2ncccc2c1[N+](=O)[O-]. The molecule has 1 heterocycles. The van der Waals surface area contributed by atoms with Gasteiger partial charge in [-0.3, -0.25) is 15.1 Å². The molecular weight excluding hydrogens is 264 g/mol. The second kappa shape index (κ2) is 5.99. The van der Waals surface area contributed by atoms with Crippen LogP contribution in [0.2, 0.25) is 0 Å². The fourth-order valence-electron chi connectivity index (χ4n) is 1.86. The Morgan fingerprint density at radius 2 is 2.26 bits per heavy atom. The first-order chi connectivity index (χ1) is 9.13. The van der Waals surface area contributed by atoms with E-state index in [1.54, 1.807) is 30.5 Å². The lowest BCUT2D eigenvalue weighted by Gasteiger charge is -2.10. The van der Waals surface area contributed by atoms with Gasteiger partial charge >= 0.3 is 0 Å². The third-order valence-corrected chi connectivity index (χ3v) is 3.99. The Labute approximate surface area is 114 Å². The van der Waals surface area contributed by atoms with Crippen LogP contribution in [-0.4, -0.2) is 26.9 Å². The summed E-state index contributed by atoms with van der Waals surface area (Å²) in [5.41, 5.74) is 0.716. The Morgan fingerprint density at radius 3 is 2.95 bits per heavy atom. The molecule has 5 nitrogen and oxygen atoms in total. The van der Waals surface area contributed by atoms with Gasteiger partial charge in [-0.05, 0) is 30.7 Å². The van der Waals surface area contributed by atoms with E-state index in [-0.39, 0.29) is 22.5 Å². The van der Waals surface area contributed by atoms with E-state index in [2.05, 4.69) is 4.98 Å². The average Bonchev–Trinajstić information content (AvgIpc) is 2.38. The number of nitrogens with zero attached hydrogens (tertiary/aromatic N) is 2. The quantitative estimate of drug-likeness (QED) is 0.517. The Kier molecular flexibility index (Phi) is 4.34. The number of aliphatic hydroxyl groups is 1. The van der Waals surface area contributed by atoms with Crippen molar-refractivity contribution in [3.8, 4) is 0 Å². The third-order valence-electron chi connectivity index (χ3n) is 2.77. The Bertz CT molecular complexity index is 603. The van der Waals surface area contributed by atoms with E-state index in [4.69, 9.17) is 5.11 Å². The molecule has 19 heavy (non-hydrogen) atoms. The minimum atomic E-state index is -0.363. The van der Waals surface area contributed by atoms with Crippen molar-refractivity contribution in [1.82, 2.24) is 4.98 Å². The summed E-state index contributed by atoms with van der Waals surface area (Å²) in [6.45, 7) is 2.02. The van der Waals surface area contributed by atoms with Crippen molar-refractivity contribution in [2.75, 3.05) is 6.61 Å². The lowest BCUT2D eigenvalue weighted by Crippen LogP contribution is -2.01. The summed E-state index contributed by atoms with van der Waals surface area (Å²) in [5, 5.41) is 20.9. The fourth-order valence-corrected chi connectivity index (χ4v) is 2.96.